The first-order valence-electron chi connectivity index (χ1n) is 26.6. The summed E-state index contributed by atoms with van der Waals surface area (Å²) in [6.45, 7) is 6.49. The quantitative estimate of drug-likeness (QED) is 0.0262. The van der Waals surface area contributed by atoms with E-state index in [1.165, 1.54) is 161 Å². The van der Waals surface area contributed by atoms with Gasteiger partial charge < -0.3 is 14.2 Å². The van der Waals surface area contributed by atoms with Crippen LogP contribution < -0.4 is 0 Å². The van der Waals surface area contributed by atoms with E-state index in [2.05, 4.69) is 69.4 Å². The highest BCUT2D eigenvalue weighted by Crippen LogP contribution is 2.16. The Morgan fingerprint density at radius 3 is 1.06 bits per heavy atom. The van der Waals surface area contributed by atoms with Crippen LogP contribution in [-0.4, -0.2) is 37.2 Å². The smallest absolute Gasteiger partial charge is 0.306 e. The van der Waals surface area contributed by atoms with Crippen molar-refractivity contribution in [2.24, 2.45) is 0 Å². The van der Waals surface area contributed by atoms with Crippen LogP contribution in [-0.2, 0) is 28.6 Å². The van der Waals surface area contributed by atoms with Crippen molar-refractivity contribution < 1.29 is 28.6 Å². The van der Waals surface area contributed by atoms with Crippen molar-refractivity contribution in [3.63, 3.8) is 0 Å². The molecule has 0 aliphatic heterocycles. The molecule has 0 amide bonds. The molecule has 0 radical (unpaired) electrons. The average Bonchev–Trinajstić information content (AvgIpc) is 3.27. The molecule has 6 nitrogen and oxygen atoms in total. The van der Waals surface area contributed by atoms with Crippen molar-refractivity contribution in [1.29, 1.82) is 0 Å². The second kappa shape index (κ2) is 51.0. The van der Waals surface area contributed by atoms with Crippen molar-refractivity contribution >= 4 is 17.9 Å². The van der Waals surface area contributed by atoms with Gasteiger partial charge in [-0.05, 0) is 70.6 Å². The minimum atomic E-state index is -0.791. The van der Waals surface area contributed by atoms with Crippen molar-refractivity contribution in [3.05, 3.63) is 48.6 Å². The number of unbranched alkanes of at least 4 members (excludes halogenated alkanes) is 29. The molecule has 0 spiro atoms. The maximum atomic E-state index is 12.8. The summed E-state index contributed by atoms with van der Waals surface area (Å²) >= 11 is 0. The number of hydrogen-bond acceptors (Lipinski definition) is 6. The van der Waals surface area contributed by atoms with Gasteiger partial charge in [0.05, 0.1) is 0 Å². The van der Waals surface area contributed by atoms with Gasteiger partial charge in [0.2, 0.25) is 0 Å². The highest BCUT2D eigenvalue weighted by atomic mass is 16.6. The van der Waals surface area contributed by atoms with Gasteiger partial charge in [-0.3, -0.25) is 14.4 Å². The lowest BCUT2D eigenvalue weighted by molar-refractivity contribution is -0.167. The van der Waals surface area contributed by atoms with Gasteiger partial charge in [-0.15, -0.1) is 0 Å². The first kappa shape index (κ1) is 59.4. The Kier molecular flexibility index (Phi) is 48.8. The molecule has 0 N–H and O–H groups in total. The molecule has 0 saturated carbocycles. The molecule has 0 heterocycles. The molecule has 62 heavy (non-hydrogen) atoms. The van der Waals surface area contributed by atoms with Crippen molar-refractivity contribution in [3.8, 4) is 0 Å². The Hall–Kier alpha value is -2.63. The van der Waals surface area contributed by atoms with E-state index in [1.54, 1.807) is 0 Å². The molecule has 0 aromatic heterocycles. The van der Waals surface area contributed by atoms with Crippen LogP contribution in [0.4, 0.5) is 0 Å². The molecule has 0 saturated heterocycles. The molecule has 0 bridgehead atoms. The van der Waals surface area contributed by atoms with Gasteiger partial charge in [0.15, 0.2) is 6.10 Å². The third-order valence-electron chi connectivity index (χ3n) is 11.6. The van der Waals surface area contributed by atoms with E-state index >= 15 is 0 Å². The van der Waals surface area contributed by atoms with Gasteiger partial charge in [-0.1, -0.05) is 230 Å². The molecule has 0 rings (SSSR count). The van der Waals surface area contributed by atoms with E-state index in [1.807, 2.05) is 0 Å². The summed E-state index contributed by atoms with van der Waals surface area (Å²) < 4.78 is 16.7. The summed E-state index contributed by atoms with van der Waals surface area (Å²) in [5.41, 5.74) is 0. The van der Waals surface area contributed by atoms with E-state index in [0.29, 0.717) is 19.3 Å². The molecular formula is C56H100O6. The standard InChI is InChI=1S/C56H100O6/c1-4-7-10-13-16-19-22-24-26-27-28-29-30-32-34-37-40-43-46-49-55(58)61-52-53(51-60-54(57)48-45-42-39-36-33-21-18-15-12-9-6-3)62-56(59)50-47-44-41-38-35-31-25-23-20-17-14-11-8-5-2/h9,12,18,21,27-28,36,39,53H,4-8,10-11,13-17,19-20,22-26,29-35,37-38,40-52H2,1-3H3/b12-9-,21-18-,28-27-,39-36-. The molecule has 0 aliphatic carbocycles. The summed E-state index contributed by atoms with van der Waals surface area (Å²) in [6.07, 6.45) is 61.1. The lowest BCUT2D eigenvalue weighted by Gasteiger charge is -2.18. The first-order chi connectivity index (χ1) is 30.5. The maximum Gasteiger partial charge on any atom is 0.306 e. The first-order valence-corrected chi connectivity index (χ1v) is 26.6. The largest absolute Gasteiger partial charge is 0.462 e. The van der Waals surface area contributed by atoms with Crippen LogP contribution in [0.2, 0.25) is 0 Å². The highest BCUT2D eigenvalue weighted by molar-refractivity contribution is 5.71. The maximum absolute atomic E-state index is 12.8. The topological polar surface area (TPSA) is 78.9 Å². The van der Waals surface area contributed by atoms with Crippen LogP contribution in [0, 0.1) is 0 Å². The molecule has 360 valence electrons. The Morgan fingerprint density at radius 1 is 0.339 bits per heavy atom. The number of carbonyl (C=O) groups excluding carboxylic acids is 3. The molecule has 0 aromatic rings. The number of carbonyl (C=O) groups is 3. The van der Waals surface area contributed by atoms with Gasteiger partial charge in [0.25, 0.3) is 0 Å². The third-order valence-corrected chi connectivity index (χ3v) is 11.6. The zero-order valence-electron chi connectivity index (χ0n) is 41.1. The van der Waals surface area contributed by atoms with Crippen LogP contribution in [0.3, 0.4) is 0 Å². The van der Waals surface area contributed by atoms with Crippen LogP contribution in [0.5, 0.6) is 0 Å². The lowest BCUT2D eigenvalue weighted by Crippen LogP contribution is -2.30. The second-order valence-electron chi connectivity index (χ2n) is 17.8. The average molecular weight is 869 g/mol. The van der Waals surface area contributed by atoms with E-state index in [4.69, 9.17) is 14.2 Å². The minimum Gasteiger partial charge on any atom is -0.462 e. The van der Waals surface area contributed by atoms with Gasteiger partial charge in [0, 0.05) is 19.3 Å². The predicted octanol–water partition coefficient (Wildman–Crippen LogP) is 17.5. The van der Waals surface area contributed by atoms with Crippen molar-refractivity contribution in [1.82, 2.24) is 0 Å². The summed E-state index contributed by atoms with van der Waals surface area (Å²) in [7, 11) is 0. The monoisotopic (exact) mass is 869 g/mol. The second-order valence-corrected chi connectivity index (χ2v) is 17.8. The zero-order valence-corrected chi connectivity index (χ0v) is 41.1. The Morgan fingerprint density at radius 2 is 0.645 bits per heavy atom. The SMILES string of the molecule is CC/C=C\C/C=C\C/C=C\CCCC(=O)OCC(COC(=O)CCCCCCCCC/C=C\CCCCCCCCCC)OC(=O)CCCCCCCCCCCCCCCC. The van der Waals surface area contributed by atoms with Gasteiger partial charge in [0.1, 0.15) is 13.2 Å². The van der Waals surface area contributed by atoms with Crippen molar-refractivity contribution in [2.45, 2.75) is 277 Å². The molecule has 1 atom stereocenters. The molecule has 1 unspecified atom stereocenters. The molecule has 6 heteroatoms. The Bertz CT molecular complexity index is 1090. The number of esters is 3. The molecular weight excluding hydrogens is 769 g/mol. The van der Waals surface area contributed by atoms with E-state index in [9.17, 15) is 14.4 Å². The van der Waals surface area contributed by atoms with E-state index in [0.717, 1.165) is 64.2 Å². The highest BCUT2D eigenvalue weighted by Gasteiger charge is 2.19. The fourth-order valence-electron chi connectivity index (χ4n) is 7.58. The van der Waals surface area contributed by atoms with E-state index < -0.39 is 6.10 Å². The number of hydrogen-bond donors (Lipinski definition) is 0. The molecule has 0 aromatic carbocycles. The van der Waals surface area contributed by atoms with Gasteiger partial charge in [-0.25, -0.2) is 0 Å². The van der Waals surface area contributed by atoms with Crippen LogP contribution in [0.1, 0.15) is 271 Å². The molecule has 0 aliphatic rings. The zero-order chi connectivity index (χ0) is 45.1. The van der Waals surface area contributed by atoms with Crippen LogP contribution >= 0.6 is 0 Å². The van der Waals surface area contributed by atoms with Crippen molar-refractivity contribution in [2.75, 3.05) is 13.2 Å². The Balaban J connectivity index is 4.34. The normalized spacial score (nSPS) is 12.4. The third kappa shape index (κ3) is 48.4. The van der Waals surface area contributed by atoms with Gasteiger partial charge in [-0.2, -0.15) is 0 Å². The fourth-order valence-corrected chi connectivity index (χ4v) is 7.58. The number of rotatable bonds is 48. The van der Waals surface area contributed by atoms with E-state index in [-0.39, 0.29) is 37.5 Å². The van der Waals surface area contributed by atoms with Crippen LogP contribution in [0.15, 0.2) is 48.6 Å². The summed E-state index contributed by atoms with van der Waals surface area (Å²) in [4.78, 5) is 37.9. The predicted molar refractivity (Wildman–Crippen MR) is 265 cm³/mol. The van der Waals surface area contributed by atoms with Gasteiger partial charge >= 0.3 is 17.9 Å². The lowest BCUT2D eigenvalue weighted by atomic mass is 10.0. The summed E-state index contributed by atoms with van der Waals surface area (Å²) in [6, 6.07) is 0. The molecule has 0 fully saturated rings. The van der Waals surface area contributed by atoms with Crippen LogP contribution in [0.25, 0.3) is 0 Å². The number of allylic oxidation sites excluding steroid dienone is 8. The number of ether oxygens (including phenoxy) is 3. The fraction of sp³-hybridized carbons (Fsp3) is 0.804. The summed E-state index contributed by atoms with van der Waals surface area (Å²) in [5.74, 6) is -0.940. The Labute approximate surface area is 384 Å². The summed E-state index contributed by atoms with van der Waals surface area (Å²) in [5, 5.41) is 0. The minimum absolute atomic E-state index is 0.0886.